The molecule has 0 aromatic heterocycles. The van der Waals surface area contributed by atoms with E-state index in [2.05, 4.69) is 22.4 Å². The van der Waals surface area contributed by atoms with Crippen molar-refractivity contribution in [2.24, 2.45) is 9.98 Å². The Morgan fingerprint density at radius 1 is 1.50 bits per heavy atom. The molecule has 0 spiro atoms. The second-order valence-electron chi connectivity index (χ2n) is 1.37. The molecule has 0 rings (SSSR count). The van der Waals surface area contributed by atoms with E-state index in [1.165, 1.54) is 6.20 Å². The van der Waals surface area contributed by atoms with Crippen LogP contribution in [0.1, 0.15) is 6.92 Å². The van der Waals surface area contributed by atoms with Crippen molar-refractivity contribution >= 4 is 12.1 Å². The molecule has 0 amide bonds. The van der Waals surface area contributed by atoms with Gasteiger partial charge in [-0.3, -0.25) is 4.99 Å². The highest BCUT2D eigenvalue weighted by atomic mass is 14.7. The molecule has 0 aliphatic carbocycles. The standard InChI is InChI=1S/C8H10N2/c1-3-5-6-10-8-7-9-4-2/h3-7H,1H2,2H3/b6-5-,9-4?. The van der Waals surface area contributed by atoms with Crippen molar-refractivity contribution in [3.63, 3.8) is 0 Å². The minimum atomic E-state index is 1.49. The Balaban J connectivity index is 3.74. The fourth-order valence-corrected chi connectivity index (χ4v) is 0.288. The van der Waals surface area contributed by atoms with E-state index in [1.807, 2.05) is 6.92 Å². The molecule has 0 saturated carbocycles. The van der Waals surface area contributed by atoms with Crippen LogP contribution in [0.2, 0.25) is 0 Å². The van der Waals surface area contributed by atoms with Crippen molar-refractivity contribution < 1.29 is 0 Å². The maximum absolute atomic E-state index is 3.75. The highest BCUT2D eigenvalue weighted by Gasteiger charge is 1.55. The van der Waals surface area contributed by atoms with Crippen molar-refractivity contribution in [2.45, 2.75) is 6.92 Å². The summed E-state index contributed by atoms with van der Waals surface area (Å²) in [6.07, 6.45) is 8.12. The molecule has 0 atom stereocenters. The molecule has 2 nitrogen and oxygen atoms in total. The average Bonchev–Trinajstić information content (AvgIpc) is 1.97. The molecular weight excluding hydrogens is 124 g/mol. The van der Waals surface area contributed by atoms with Gasteiger partial charge in [0.05, 0.1) is 6.20 Å². The molecule has 0 radical (unpaired) electrons. The van der Waals surface area contributed by atoms with Gasteiger partial charge >= 0.3 is 0 Å². The van der Waals surface area contributed by atoms with Crippen molar-refractivity contribution in [1.29, 1.82) is 0 Å². The Kier molecular flexibility index (Phi) is 6.54. The third kappa shape index (κ3) is 6.60. The van der Waals surface area contributed by atoms with Crippen molar-refractivity contribution in [3.05, 3.63) is 31.1 Å². The lowest BCUT2D eigenvalue weighted by Crippen LogP contribution is -1.55. The molecular formula is C8H10N2. The van der Waals surface area contributed by atoms with Crippen LogP contribution < -0.4 is 0 Å². The van der Waals surface area contributed by atoms with Gasteiger partial charge in [0.1, 0.15) is 0 Å². The van der Waals surface area contributed by atoms with E-state index >= 15 is 0 Å². The van der Waals surface area contributed by atoms with Gasteiger partial charge in [0.15, 0.2) is 0 Å². The Morgan fingerprint density at radius 3 is 2.90 bits per heavy atom. The number of nitrogens with zero attached hydrogens (tertiary/aromatic N) is 2. The van der Waals surface area contributed by atoms with Crippen LogP contribution in [0.5, 0.6) is 0 Å². The molecule has 0 aromatic carbocycles. The molecule has 0 aliphatic rings. The van der Waals surface area contributed by atoms with E-state index in [-0.39, 0.29) is 0 Å². The number of hydrogen-bond donors (Lipinski definition) is 0. The Bertz CT molecular complexity index is 193. The number of allylic oxidation sites excluding steroid dienone is 2. The van der Waals surface area contributed by atoms with E-state index in [0.29, 0.717) is 0 Å². The fraction of sp³-hybridized carbons (Fsp3) is 0.125. The van der Waals surface area contributed by atoms with Gasteiger partial charge in [-0.05, 0) is 13.0 Å². The van der Waals surface area contributed by atoms with Crippen molar-refractivity contribution in [1.82, 2.24) is 0 Å². The summed E-state index contributed by atoms with van der Waals surface area (Å²) in [6, 6.07) is 0. The predicted molar refractivity (Wildman–Crippen MR) is 45.5 cm³/mol. The summed E-state index contributed by atoms with van der Waals surface area (Å²) in [5.74, 6) is 2.59. The fourth-order valence-electron chi connectivity index (χ4n) is 0.288. The minimum absolute atomic E-state index is 1.49. The highest BCUT2D eigenvalue weighted by Crippen LogP contribution is 1.72. The molecule has 0 N–H and O–H groups in total. The van der Waals surface area contributed by atoms with Gasteiger partial charge in [0, 0.05) is 18.3 Å². The first-order valence-electron chi connectivity index (χ1n) is 2.94. The first-order chi connectivity index (χ1) is 4.91. The first kappa shape index (κ1) is 8.60. The summed E-state index contributed by atoms with van der Waals surface area (Å²) in [7, 11) is 0. The molecule has 0 fully saturated rings. The lowest BCUT2D eigenvalue weighted by atomic mass is 10.6. The zero-order valence-electron chi connectivity index (χ0n) is 5.99. The minimum Gasteiger partial charge on any atom is -0.259 e. The second kappa shape index (κ2) is 7.60. The zero-order chi connectivity index (χ0) is 7.66. The van der Waals surface area contributed by atoms with E-state index < -0.39 is 0 Å². The van der Waals surface area contributed by atoms with Crippen molar-refractivity contribution in [3.8, 4) is 0 Å². The van der Waals surface area contributed by atoms with Crippen LogP contribution in [-0.2, 0) is 0 Å². The summed E-state index contributed by atoms with van der Waals surface area (Å²) in [4.78, 5) is 7.48. The van der Waals surface area contributed by atoms with E-state index in [4.69, 9.17) is 0 Å². The Hall–Kier alpha value is -1.40. The van der Waals surface area contributed by atoms with E-state index in [0.717, 1.165) is 0 Å². The number of rotatable bonds is 3. The van der Waals surface area contributed by atoms with Gasteiger partial charge < -0.3 is 0 Å². The van der Waals surface area contributed by atoms with Crippen LogP contribution in [0.25, 0.3) is 0 Å². The van der Waals surface area contributed by atoms with Gasteiger partial charge in [0.25, 0.3) is 0 Å². The molecule has 0 unspecified atom stereocenters. The SMILES string of the molecule is C=C/C=C\N=C=CN=CC. The molecule has 0 bridgehead atoms. The normalized spacial score (nSPS) is 9.70. The summed E-state index contributed by atoms with van der Waals surface area (Å²) in [5, 5.41) is 0. The Morgan fingerprint density at radius 2 is 2.30 bits per heavy atom. The molecule has 0 saturated heterocycles. The monoisotopic (exact) mass is 134 g/mol. The Labute approximate surface area is 61.0 Å². The predicted octanol–water partition coefficient (Wildman–Crippen LogP) is 1.96. The average molecular weight is 134 g/mol. The maximum atomic E-state index is 3.75. The maximum Gasteiger partial charge on any atom is 0.0877 e. The van der Waals surface area contributed by atoms with Gasteiger partial charge in [-0.15, -0.1) is 0 Å². The third-order valence-corrected chi connectivity index (χ3v) is 0.653. The molecule has 0 aliphatic heterocycles. The highest BCUT2D eigenvalue weighted by molar-refractivity contribution is 5.59. The topological polar surface area (TPSA) is 24.7 Å². The summed E-state index contributed by atoms with van der Waals surface area (Å²) in [6.45, 7) is 5.31. The van der Waals surface area contributed by atoms with Crippen molar-refractivity contribution in [2.75, 3.05) is 0 Å². The van der Waals surface area contributed by atoms with E-state index in [1.54, 1.807) is 24.6 Å². The van der Waals surface area contributed by atoms with Crippen LogP contribution in [0, 0.1) is 0 Å². The smallest absolute Gasteiger partial charge is 0.0877 e. The van der Waals surface area contributed by atoms with Gasteiger partial charge in [0.2, 0.25) is 0 Å². The van der Waals surface area contributed by atoms with Crippen LogP contribution in [0.3, 0.4) is 0 Å². The van der Waals surface area contributed by atoms with Crippen LogP contribution in [0.15, 0.2) is 41.1 Å². The van der Waals surface area contributed by atoms with Crippen LogP contribution in [-0.4, -0.2) is 12.1 Å². The first-order valence-corrected chi connectivity index (χ1v) is 2.94. The number of hydrogen-bond acceptors (Lipinski definition) is 2. The van der Waals surface area contributed by atoms with E-state index in [9.17, 15) is 0 Å². The number of aliphatic imine (C=N–C) groups is 2. The quantitative estimate of drug-likeness (QED) is 0.416. The lowest BCUT2D eigenvalue weighted by Gasteiger charge is -1.66. The second-order valence-corrected chi connectivity index (χ2v) is 1.37. The third-order valence-electron chi connectivity index (χ3n) is 0.653. The summed E-state index contributed by atoms with van der Waals surface area (Å²) >= 11 is 0. The summed E-state index contributed by atoms with van der Waals surface area (Å²) < 4.78 is 0. The molecule has 0 heterocycles. The largest absolute Gasteiger partial charge is 0.259 e. The van der Waals surface area contributed by atoms with Crippen LogP contribution >= 0.6 is 0 Å². The summed E-state index contributed by atoms with van der Waals surface area (Å²) in [5.41, 5.74) is 0. The molecule has 10 heavy (non-hydrogen) atoms. The van der Waals surface area contributed by atoms with Gasteiger partial charge in [-0.25, -0.2) is 4.99 Å². The van der Waals surface area contributed by atoms with Crippen LogP contribution in [0.4, 0.5) is 0 Å². The van der Waals surface area contributed by atoms with Gasteiger partial charge in [-0.2, -0.15) is 0 Å². The zero-order valence-corrected chi connectivity index (χ0v) is 5.99. The lowest BCUT2D eigenvalue weighted by molar-refractivity contribution is 1.57. The van der Waals surface area contributed by atoms with Gasteiger partial charge in [-0.1, -0.05) is 12.7 Å². The molecule has 0 aromatic rings. The molecule has 52 valence electrons. The molecule has 2 heteroatoms.